The Kier molecular flexibility index (Phi) is 4.66. The first-order valence-electron chi connectivity index (χ1n) is 10.0. The van der Waals surface area contributed by atoms with Crippen molar-refractivity contribution in [2.24, 2.45) is 7.05 Å². The van der Waals surface area contributed by atoms with Gasteiger partial charge in [-0.05, 0) is 30.3 Å². The van der Waals surface area contributed by atoms with E-state index in [0.29, 0.717) is 24.6 Å². The van der Waals surface area contributed by atoms with Crippen LogP contribution in [-0.4, -0.2) is 40.8 Å². The monoisotopic (exact) mass is 395 g/mol. The number of ether oxygens (including phenoxy) is 1. The van der Waals surface area contributed by atoms with Crippen LogP contribution in [0.25, 0.3) is 33.6 Å². The Morgan fingerprint density at radius 1 is 1.03 bits per heavy atom. The standard InChI is InChI=1S/C24H21N5O/c1-28-22-9-5-4-8-21(22)27-23(28)19(16-25)15-18-14-17-6-2-3-7-20(17)26-24(18)29-10-12-30-13-11-29/h2-9,14-15H,10-13H2,1H3/b19-15-. The summed E-state index contributed by atoms with van der Waals surface area (Å²) in [5, 5.41) is 11.0. The highest BCUT2D eigenvalue weighted by molar-refractivity contribution is 5.95. The average molecular weight is 395 g/mol. The highest BCUT2D eigenvalue weighted by Crippen LogP contribution is 2.29. The fourth-order valence-electron chi connectivity index (χ4n) is 3.95. The second kappa shape index (κ2) is 7.62. The lowest BCUT2D eigenvalue weighted by Crippen LogP contribution is -2.37. The molecule has 0 unspecified atom stereocenters. The van der Waals surface area contributed by atoms with Crippen LogP contribution in [0.4, 0.5) is 5.82 Å². The van der Waals surface area contributed by atoms with Gasteiger partial charge in [0, 0.05) is 31.1 Å². The maximum atomic E-state index is 9.98. The van der Waals surface area contributed by atoms with E-state index in [1.165, 1.54) is 0 Å². The minimum absolute atomic E-state index is 0.514. The third kappa shape index (κ3) is 3.19. The van der Waals surface area contributed by atoms with Gasteiger partial charge < -0.3 is 14.2 Å². The molecule has 30 heavy (non-hydrogen) atoms. The Morgan fingerprint density at radius 2 is 1.77 bits per heavy atom. The molecule has 148 valence electrons. The minimum atomic E-state index is 0.514. The van der Waals surface area contributed by atoms with Gasteiger partial charge in [-0.3, -0.25) is 0 Å². The predicted octanol–water partition coefficient (Wildman–Crippen LogP) is 4.02. The molecule has 1 aliphatic heterocycles. The summed E-state index contributed by atoms with van der Waals surface area (Å²) in [7, 11) is 1.94. The van der Waals surface area contributed by atoms with Crippen molar-refractivity contribution in [3.63, 3.8) is 0 Å². The molecule has 0 amide bonds. The van der Waals surface area contributed by atoms with Gasteiger partial charge in [-0.1, -0.05) is 30.3 Å². The summed E-state index contributed by atoms with van der Waals surface area (Å²) in [6, 6.07) is 20.4. The molecule has 4 aromatic rings. The highest BCUT2D eigenvalue weighted by atomic mass is 16.5. The van der Waals surface area contributed by atoms with Gasteiger partial charge in [0.05, 0.1) is 35.3 Å². The topological polar surface area (TPSA) is 67.0 Å². The van der Waals surface area contributed by atoms with Gasteiger partial charge in [0.25, 0.3) is 0 Å². The number of aryl methyl sites for hydroxylation is 1. The average Bonchev–Trinajstić information content (AvgIpc) is 3.14. The second-order valence-electron chi connectivity index (χ2n) is 7.35. The van der Waals surface area contributed by atoms with Gasteiger partial charge in [-0.25, -0.2) is 9.97 Å². The summed E-state index contributed by atoms with van der Waals surface area (Å²) in [6.45, 7) is 2.90. The molecule has 2 aromatic carbocycles. The van der Waals surface area contributed by atoms with E-state index in [0.717, 1.165) is 46.4 Å². The van der Waals surface area contributed by atoms with Crippen molar-refractivity contribution in [1.29, 1.82) is 5.26 Å². The number of fused-ring (bicyclic) bond motifs is 2. The third-order valence-corrected chi connectivity index (χ3v) is 5.49. The molecule has 2 aromatic heterocycles. The first-order valence-corrected chi connectivity index (χ1v) is 10.0. The van der Waals surface area contributed by atoms with E-state index < -0.39 is 0 Å². The minimum Gasteiger partial charge on any atom is -0.378 e. The van der Waals surface area contributed by atoms with Crippen LogP contribution in [-0.2, 0) is 11.8 Å². The molecule has 1 aliphatic rings. The summed E-state index contributed by atoms with van der Waals surface area (Å²) in [6.07, 6.45) is 1.91. The van der Waals surface area contributed by atoms with E-state index in [2.05, 4.69) is 17.0 Å². The lowest BCUT2D eigenvalue weighted by Gasteiger charge is -2.29. The van der Waals surface area contributed by atoms with E-state index in [-0.39, 0.29) is 0 Å². The van der Waals surface area contributed by atoms with Crippen LogP contribution in [0.3, 0.4) is 0 Å². The van der Waals surface area contributed by atoms with Crippen LogP contribution in [0.1, 0.15) is 11.4 Å². The van der Waals surface area contributed by atoms with E-state index >= 15 is 0 Å². The fraction of sp³-hybridized carbons (Fsp3) is 0.208. The van der Waals surface area contributed by atoms with E-state index in [9.17, 15) is 5.26 Å². The first kappa shape index (κ1) is 18.3. The summed E-state index contributed by atoms with van der Waals surface area (Å²) in [5.74, 6) is 1.53. The molecule has 1 saturated heterocycles. The fourth-order valence-corrected chi connectivity index (χ4v) is 3.95. The van der Waals surface area contributed by atoms with Crippen molar-refractivity contribution in [2.75, 3.05) is 31.2 Å². The van der Waals surface area contributed by atoms with Crippen molar-refractivity contribution in [1.82, 2.24) is 14.5 Å². The predicted molar refractivity (Wildman–Crippen MR) is 119 cm³/mol. The van der Waals surface area contributed by atoms with Gasteiger partial charge in [0.2, 0.25) is 0 Å². The Bertz CT molecular complexity index is 1310. The normalized spacial score (nSPS) is 14.9. The van der Waals surface area contributed by atoms with Crippen molar-refractivity contribution in [2.45, 2.75) is 0 Å². The summed E-state index contributed by atoms with van der Waals surface area (Å²) in [4.78, 5) is 11.9. The molecule has 0 bridgehead atoms. The number of allylic oxidation sites excluding steroid dienone is 1. The zero-order valence-electron chi connectivity index (χ0n) is 16.7. The number of imidazole rings is 1. The molecule has 0 aliphatic carbocycles. The maximum absolute atomic E-state index is 9.98. The first-order chi connectivity index (χ1) is 14.7. The van der Waals surface area contributed by atoms with Crippen LogP contribution >= 0.6 is 0 Å². The zero-order chi connectivity index (χ0) is 20.5. The molecule has 0 spiro atoms. The van der Waals surface area contributed by atoms with Crippen molar-refractivity contribution >= 4 is 39.4 Å². The third-order valence-electron chi connectivity index (χ3n) is 5.49. The molecule has 3 heterocycles. The van der Waals surface area contributed by atoms with Crippen LogP contribution in [0.15, 0.2) is 54.6 Å². The Labute approximate surface area is 174 Å². The van der Waals surface area contributed by atoms with Crippen molar-refractivity contribution in [3.8, 4) is 6.07 Å². The van der Waals surface area contributed by atoms with Gasteiger partial charge >= 0.3 is 0 Å². The van der Waals surface area contributed by atoms with Crippen LogP contribution in [0.5, 0.6) is 0 Å². The molecule has 6 heteroatoms. The summed E-state index contributed by atoms with van der Waals surface area (Å²) >= 11 is 0. The van der Waals surface area contributed by atoms with Gasteiger partial charge in [-0.2, -0.15) is 5.26 Å². The number of para-hydroxylation sites is 3. The summed E-state index contributed by atoms with van der Waals surface area (Å²) < 4.78 is 7.48. The number of morpholine rings is 1. The number of hydrogen-bond acceptors (Lipinski definition) is 5. The quantitative estimate of drug-likeness (QED) is 0.490. The van der Waals surface area contributed by atoms with Crippen LogP contribution < -0.4 is 4.90 Å². The Hall–Kier alpha value is -3.69. The number of hydrogen-bond donors (Lipinski definition) is 0. The molecular weight excluding hydrogens is 374 g/mol. The van der Waals surface area contributed by atoms with E-state index in [4.69, 9.17) is 14.7 Å². The Balaban J connectivity index is 1.69. The maximum Gasteiger partial charge on any atom is 0.151 e. The van der Waals surface area contributed by atoms with E-state index in [1.807, 2.05) is 66.2 Å². The lowest BCUT2D eigenvalue weighted by molar-refractivity contribution is 0.122. The van der Waals surface area contributed by atoms with Gasteiger partial charge in [0.1, 0.15) is 11.9 Å². The molecule has 0 radical (unpaired) electrons. The lowest BCUT2D eigenvalue weighted by atomic mass is 10.1. The molecule has 0 N–H and O–H groups in total. The van der Waals surface area contributed by atoms with Crippen molar-refractivity contribution in [3.05, 3.63) is 66.0 Å². The molecule has 5 rings (SSSR count). The molecule has 0 saturated carbocycles. The second-order valence-corrected chi connectivity index (χ2v) is 7.35. The van der Waals surface area contributed by atoms with Gasteiger partial charge in [0.15, 0.2) is 5.82 Å². The van der Waals surface area contributed by atoms with Crippen molar-refractivity contribution < 1.29 is 4.74 Å². The van der Waals surface area contributed by atoms with Crippen LogP contribution in [0.2, 0.25) is 0 Å². The number of anilines is 1. The summed E-state index contributed by atoms with van der Waals surface area (Å²) in [5.41, 5.74) is 4.25. The number of nitrogens with zero attached hydrogens (tertiary/aromatic N) is 5. The molecule has 6 nitrogen and oxygen atoms in total. The number of pyridine rings is 1. The van der Waals surface area contributed by atoms with E-state index in [1.54, 1.807) is 0 Å². The largest absolute Gasteiger partial charge is 0.378 e. The highest BCUT2D eigenvalue weighted by Gasteiger charge is 2.18. The Morgan fingerprint density at radius 3 is 2.53 bits per heavy atom. The smallest absolute Gasteiger partial charge is 0.151 e. The molecular formula is C24H21N5O. The SMILES string of the molecule is Cn1c(/C(C#N)=C\c2cc3ccccc3nc2N2CCOCC2)nc2ccccc21. The zero-order valence-corrected chi connectivity index (χ0v) is 16.7. The molecule has 1 fully saturated rings. The number of nitriles is 1. The molecule has 0 atom stereocenters. The number of rotatable bonds is 3. The van der Waals surface area contributed by atoms with Crippen LogP contribution in [0, 0.1) is 11.3 Å². The van der Waals surface area contributed by atoms with Gasteiger partial charge in [-0.15, -0.1) is 0 Å². The number of aromatic nitrogens is 3. The number of benzene rings is 2.